The van der Waals surface area contributed by atoms with E-state index in [9.17, 15) is 9.59 Å². The van der Waals surface area contributed by atoms with Crippen molar-refractivity contribution in [2.75, 3.05) is 5.32 Å². The second-order valence-corrected chi connectivity index (χ2v) is 6.94. The summed E-state index contributed by atoms with van der Waals surface area (Å²) < 4.78 is 5.46. The molecule has 0 saturated heterocycles. The number of thiazole rings is 1. The van der Waals surface area contributed by atoms with Gasteiger partial charge in [-0.3, -0.25) is 9.59 Å². The highest BCUT2D eigenvalue weighted by Crippen LogP contribution is 2.32. The van der Waals surface area contributed by atoms with Crippen molar-refractivity contribution in [1.29, 1.82) is 0 Å². The number of thiophene rings is 1. The first kappa shape index (κ1) is 15.6. The van der Waals surface area contributed by atoms with Gasteiger partial charge in [0.1, 0.15) is 22.0 Å². The highest BCUT2D eigenvalue weighted by Gasteiger charge is 2.22. The van der Waals surface area contributed by atoms with Gasteiger partial charge in [0.2, 0.25) is 5.76 Å². The SMILES string of the molecule is NC(=O)c1oc2ccccc2c1NC(=O)c1csc(-c2cccs2)n1. The Morgan fingerprint density at radius 1 is 1.12 bits per heavy atom. The van der Waals surface area contributed by atoms with Crippen LogP contribution in [0.3, 0.4) is 0 Å². The molecular formula is C17H11N3O3S2. The predicted octanol–water partition coefficient (Wildman–Crippen LogP) is 3.97. The Morgan fingerprint density at radius 3 is 2.72 bits per heavy atom. The third-order valence-corrected chi connectivity index (χ3v) is 5.41. The molecular weight excluding hydrogens is 358 g/mol. The molecule has 3 aromatic heterocycles. The summed E-state index contributed by atoms with van der Waals surface area (Å²) in [6.07, 6.45) is 0. The van der Waals surface area contributed by atoms with Gasteiger partial charge in [-0.1, -0.05) is 18.2 Å². The first-order valence-electron chi connectivity index (χ1n) is 7.25. The maximum absolute atomic E-state index is 12.6. The number of furan rings is 1. The van der Waals surface area contributed by atoms with E-state index >= 15 is 0 Å². The van der Waals surface area contributed by atoms with Crippen molar-refractivity contribution in [3.63, 3.8) is 0 Å². The van der Waals surface area contributed by atoms with Crippen molar-refractivity contribution in [1.82, 2.24) is 4.98 Å². The lowest BCUT2D eigenvalue weighted by molar-refractivity contribution is 0.0977. The van der Waals surface area contributed by atoms with Crippen molar-refractivity contribution in [2.45, 2.75) is 0 Å². The largest absolute Gasteiger partial charge is 0.449 e. The number of amides is 2. The monoisotopic (exact) mass is 369 g/mol. The van der Waals surface area contributed by atoms with Gasteiger partial charge in [-0.2, -0.15) is 0 Å². The normalized spacial score (nSPS) is 10.9. The van der Waals surface area contributed by atoms with Gasteiger partial charge < -0.3 is 15.5 Å². The Bertz CT molecular complexity index is 1080. The molecule has 6 nitrogen and oxygen atoms in total. The van der Waals surface area contributed by atoms with E-state index in [4.69, 9.17) is 10.2 Å². The number of carbonyl (C=O) groups is 2. The number of rotatable bonds is 4. The minimum atomic E-state index is -0.746. The molecule has 4 rings (SSSR count). The first-order chi connectivity index (χ1) is 12.1. The number of primary amides is 1. The van der Waals surface area contributed by atoms with Crippen molar-refractivity contribution >= 4 is 51.1 Å². The quantitative estimate of drug-likeness (QED) is 0.569. The summed E-state index contributed by atoms with van der Waals surface area (Å²) in [5.41, 5.74) is 6.38. The van der Waals surface area contributed by atoms with Gasteiger partial charge >= 0.3 is 0 Å². The molecule has 8 heteroatoms. The van der Waals surface area contributed by atoms with Crippen molar-refractivity contribution < 1.29 is 14.0 Å². The van der Waals surface area contributed by atoms with Crippen LogP contribution in [-0.4, -0.2) is 16.8 Å². The van der Waals surface area contributed by atoms with Gasteiger partial charge in [-0.25, -0.2) is 4.98 Å². The molecule has 0 fully saturated rings. The third-order valence-electron chi connectivity index (χ3n) is 3.53. The molecule has 124 valence electrons. The lowest BCUT2D eigenvalue weighted by atomic mass is 10.2. The predicted molar refractivity (Wildman–Crippen MR) is 98.1 cm³/mol. The summed E-state index contributed by atoms with van der Waals surface area (Å²) in [7, 11) is 0. The van der Waals surface area contributed by atoms with Gasteiger partial charge in [-0.05, 0) is 23.6 Å². The fraction of sp³-hybridized carbons (Fsp3) is 0. The number of fused-ring (bicyclic) bond motifs is 1. The molecule has 3 heterocycles. The number of aromatic nitrogens is 1. The van der Waals surface area contributed by atoms with Gasteiger partial charge in [-0.15, -0.1) is 22.7 Å². The van der Waals surface area contributed by atoms with E-state index in [1.165, 1.54) is 11.3 Å². The average Bonchev–Trinajstić information content (AvgIpc) is 3.34. The molecule has 2 amide bonds. The van der Waals surface area contributed by atoms with Crippen LogP contribution in [0.1, 0.15) is 21.0 Å². The Kier molecular flexibility index (Phi) is 3.83. The second-order valence-electron chi connectivity index (χ2n) is 5.14. The minimum Gasteiger partial charge on any atom is -0.449 e. The second kappa shape index (κ2) is 6.15. The van der Waals surface area contributed by atoms with Crippen LogP contribution in [0.5, 0.6) is 0 Å². The molecule has 0 radical (unpaired) electrons. The third kappa shape index (κ3) is 2.81. The number of nitrogens with one attached hydrogen (secondary N) is 1. The number of hydrogen-bond acceptors (Lipinski definition) is 6. The fourth-order valence-corrected chi connectivity index (χ4v) is 4.03. The maximum Gasteiger partial charge on any atom is 0.286 e. The molecule has 0 aliphatic heterocycles. The fourth-order valence-electron chi connectivity index (χ4n) is 2.41. The Balaban J connectivity index is 1.68. The zero-order valence-electron chi connectivity index (χ0n) is 12.7. The zero-order valence-corrected chi connectivity index (χ0v) is 14.3. The van der Waals surface area contributed by atoms with E-state index in [2.05, 4.69) is 10.3 Å². The van der Waals surface area contributed by atoms with Gasteiger partial charge in [0.25, 0.3) is 11.8 Å². The minimum absolute atomic E-state index is 0.0803. The number of para-hydroxylation sites is 1. The molecule has 0 aliphatic carbocycles. The van der Waals surface area contributed by atoms with Gasteiger partial charge in [0.05, 0.1) is 4.88 Å². The van der Waals surface area contributed by atoms with E-state index in [1.807, 2.05) is 17.5 Å². The molecule has 0 bridgehead atoms. The number of anilines is 1. The van der Waals surface area contributed by atoms with Gasteiger partial charge in [0, 0.05) is 10.8 Å². The van der Waals surface area contributed by atoms with Crippen LogP contribution >= 0.6 is 22.7 Å². The molecule has 0 atom stereocenters. The van der Waals surface area contributed by atoms with Crippen LogP contribution < -0.4 is 11.1 Å². The van der Waals surface area contributed by atoms with E-state index in [0.29, 0.717) is 11.0 Å². The van der Waals surface area contributed by atoms with Crippen molar-refractivity contribution in [3.05, 3.63) is 58.6 Å². The van der Waals surface area contributed by atoms with E-state index in [1.54, 1.807) is 41.0 Å². The number of hydrogen-bond donors (Lipinski definition) is 2. The van der Waals surface area contributed by atoms with Crippen LogP contribution in [-0.2, 0) is 0 Å². The van der Waals surface area contributed by atoms with Crippen LogP contribution in [0, 0.1) is 0 Å². The van der Waals surface area contributed by atoms with Crippen molar-refractivity contribution in [2.24, 2.45) is 5.73 Å². The summed E-state index contributed by atoms with van der Waals surface area (Å²) >= 11 is 2.94. The zero-order chi connectivity index (χ0) is 17.4. The Labute approximate surface area is 149 Å². The number of carbonyl (C=O) groups excluding carboxylic acids is 2. The highest BCUT2D eigenvalue weighted by molar-refractivity contribution is 7.20. The summed E-state index contributed by atoms with van der Waals surface area (Å²) in [6, 6.07) is 10.9. The van der Waals surface area contributed by atoms with E-state index < -0.39 is 11.8 Å². The number of benzene rings is 1. The molecule has 0 aliphatic rings. The maximum atomic E-state index is 12.6. The smallest absolute Gasteiger partial charge is 0.286 e. The van der Waals surface area contributed by atoms with Crippen LogP contribution in [0.25, 0.3) is 20.9 Å². The lowest BCUT2D eigenvalue weighted by Crippen LogP contribution is -2.17. The number of nitrogens with two attached hydrogens (primary N) is 1. The lowest BCUT2D eigenvalue weighted by Gasteiger charge is -2.02. The Hall–Kier alpha value is -2.97. The average molecular weight is 369 g/mol. The van der Waals surface area contributed by atoms with E-state index in [-0.39, 0.29) is 17.1 Å². The molecule has 0 unspecified atom stereocenters. The highest BCUT2D eigenvalue weighted by atomic mass is 32.1. The first-order valence-corrected chi connectivity index (χ1v) is 9.01. The standard InChI is InChI=1S/C17H11N3O3S2/c18-15(21)14-13(9-4-1-2-5-11(9)23-14)20-16(22)10-8-25-17(19-10)12-6-3-7-24-12/h1-8H,(H2,18,21)(H,20,22). The van der Waals surface area contributed by atoms with E-state index in [0.717, 1.165) is 9.88 Å². The van der Waals surface area contributed by atoms with Crippen molar-refractivity contribution in [3.8, 4) is 9.88 Å². The van der Waals surface area contributed by atoms with Crippen LogP contribution in [0.4, 0.5) is 5.69 Å². The molecule has 4 aromatic rings. The van der Waals surface area contributed by atoms with Crippen LogP contribution in [0.2, 0.25) is 0 Å². The van der Waals surface area contributed by atoms with Crippen LogP contribution in [0.15, 0.2) is 51.6 Å². The molecule has 3 N–H and O–H groups in total. The summed E-state index contributed by atoms with van der Waals surface area (Å²) in [5.74, 6) is -1.25. The number of nitrogens with zero attached hydrogens (tertiary/aromatic N) is 1. The topological polar surface area (TPSA) is 98.2 Å². The van der Waals surface area contributed by atoms with Gasteiger partial charge in [0.15, 0.2) is 0 Å². The molecule has 0 spiro atoms. The summed E-state index contributed by atoms with van der Waals surface area (Å²) in [6.45, 7) is 0. The summed E-state index contributed by atoms with van der Waals surface area (Å²) in [4.78, 5) is 29.5. The molecule has 25 heavy (non-hydrogen) atoms. The molecule has 1 aromatic carbocycles. The Morgan fingerprint density at radius 2 is 1.96 bits per heavy atom. The molecule has 0 saturated carbocycles. The summed E-state index contributed by atoms with van der Waals surface area (Å²) in [5, 5.41) is 7.71.